The van der Waals surface area contributed by atoms with Crippen LogP contribution in [0.15, 0.2) is 18.2 Å². The molecule has 0 aliphatic carbocycles. The summed E-state index contributed by atoms with van der Waals surface area (Å²) in [7, 11) is 1.71. The minimum Gasteiger partial charge on any atom is -0.496 e. The van der Waals surface area contributed by atoms with E-state index in [2.05, 4.69) is 26.1 Å². The van der Waals surface area contributed by atoms with Gasteiger partial charge in [0.25, 0.3) is 0 Å². The molecule has 102 valence electrons. The Hall–Kier alpha value is -0.730. The molecule has 0 saturated carbocycles. The number of methoxy groups -OCH3 is 1. The largest absolute Gasteiger partial charge is 0.496 e. The van der Waals surface area contributed by atoms with Crippen molar-refractivity contribution in [3.63, 3.8) is 0 Å². The van der Waals surface area contributed by atoms with E-state index < -0.39 is 0 Å². The molecule has 0 aromatic heterocycles. The lowest BCUT2D eigenvalue weighted by molar-refractivity contribution is 0.353. The van der Waals surface area contributed by atoms with Crippen LogP contribution in [-0.4, -0.2) is 20.2 Å². The standard InChI is InChI=1S/C15H24ClNO/c1-5-17-10-13(11(2)3)8-12-9-14(16)6-7-15(12)18-4/h6-7,9,11,13,17H,5,8,10H2,1-4H3. The maximum absolute atomic E-state index is 6.07. The first-order valence-electron chi connectivity index (χ1n) is 6.61. The zero-order valence-electron chi connectivity index (χ0n) is 11.8. The highest BCUT2D eigenvalue weighted by molar-refractivity contribution is 6.30. The van der Waals surface area contributed by atoms with Gasteiger partial charge in [-0.2, -0.15) is 0 Å². The Labute approximate surface area is 116 Å². The lowest BCUT2D eigenvalue weighted by Gasteiger charge is -2.22. The Bertz CT molecular complexity index is 366. The van der Waals surface area contributed by atoms with Crippen molar-refractivity contribution in [1.82, 2.24) is 5.32 Å². The summed E-state index contributed by atoms with van der Waals surface area (Å²) in [6.07, 6.45) is 0.994. The van der Waals surface area contributed by atoms with Gasteiger partial charge in [0.15, 0.2) is 0 Å². The Kier molecular flexibility index (Phi) is 6.51. The second-order valence-electron chi connectivity index (χ2n) is 4.97. The minimum atomic E-state index is 0.595. The maximum atomic E-state index is 6.07. The van der Waals surface area contributed by atoms with Crippen molar-refractivity contribution >= 4 is 11.6 Å². The highest BCUT2D eigenvalue weighted by atomic mass is 35.5. The van der Waals surface area contributed by atoms with Crippen LogP contribution in [0.3, 0.4) is 0 Å². The first kappa shape index (κ1) is 15.3. The van der Waals surface area contributed by atoms with E-state index in [0.717, 1.165) is 30.3 Å². The van der Waals surface area contributed by atoms with Crippen molar-refractivity contribution < 1.29 is 4.74 Å². The van der Waals surface area contributed by atoms with Gasteiger partial charge in [-0.3, -0.25) is 0 Å². The van der Waals surface area contributed by atoms with Crippen LogP contribution in [0.25, 0.3) is 0 Å². The van der Waals surface area contributed by atoms with Crippen molar-refractivity contribution in [2.24, 2.45) is 11.8 Å². The van der Waals surface area contributed by atoms with Crippen molar-refractivity contribution in [2.75, 3.05) is 20.2 Å². The Morgan fingerprint density at radius 2 is 2.06 bits per heavy atom. The predicted molar refractivity (Wildman–Crippen MR) is 78.6 cm³/mol. The molecular formula is C15H24ClNO. The zero-order chi connectivity index (χ0) is 13.5. The van der Waals surface area contributed by atoms with Crippen molar-refractivity contribution in [2.45, 2.75) is 27.2 Å². The molecule has 3 heteroatoms. The highest BCUT2D eigenvalue weighted by Crippen LogP contribution is 2.27. The fourth-order valence-corrected chi connectivity index (χ4v) is 2.26. The quantitative estimate of drug-likeness (QED) is 0.814. The number of nitrogens with one attached hydrogen (secondary N) is 1. The van der Waals surface area contributed by atoms with Crippen LogP contribution >= 0.6 is 11.6 Å². The monoisotopic (exact) mass is 269 g/mol. The third-order valence-corrected chi connectivity index (χ3v) is 3.56. The molecule has 18 heavy (non-hydrogen) atoms. The van der Waals surface area contributed by atoms with E-state index in [0.29, 0.717) is 11.8 Å². The summed E-state index contributed by atoms with van der Waals surface area (Å²) in [4.78, 5) is 0. The van der Waals surface area contributed by atoms with Crippen LogP contribution in [0.2, 0.25) is 5.02 Å². The molecule has 0 aliphatic rings. The molecule has 1 rings (SSSR count). The summed E-state index contributed by atoms with van der Waals surface area (Å²) in [5, 5.41) is 4.20. The lowest BCUT2D eigenvalue weighted by Crippen LogP contribution is -2.27. The molecule has 1 aromatic carbocycles. The molecule has 1 atom stereocenters. The molecule has 0 radical (unpaired) electrons. The molecule has 0 aliphatic heterocycles. The van der Waals surface area contributed by atoms with Crippen molar-refractivity contribution in [1.29, 1.82) is 0 Å². The summed E-state index contributed by atoms with van der Waals surface area (Å²) in [5.74, 6) is 2.16. The van der Waals surface area contributed by atoms with Gasteiger partial charge in [0.2, 0.25) is 0 Å². The second-order valence-corrected chi connectivity index (χ2v) is 5.41. The summed E-state index contributed by atoms with van der Waals surface area (Å²) >= 11 is 6.07. The van der Waals surface area contributed by atoms with Crippen molar-refractivity contribution in [3.8, 4) is 5.75 Å². The number of hydrogen-bond donors (Lipinski definition) is 1. The molecule has 0 amide bonds. The van der Waals surface area contributed by atoms with E-state index in [1.807, 2.05) is 18.2 Å². The van der Waals surface area contributed by atoms with Gasteiger partial charge in [-0.25, -0.2) is 0 Å². The van der Waals surface area contributed by atoms with Gasteiger partial charge in [-0.1, -0.05) is 32.4 Å². The number of hydrogen-bond acceptors (Lipinski definition) is 2. The van der Waals surface area contributed by atoms with Gasteiger partial charge in [-0.15, -0.1) is 0 Å². The van der Waals surface area contributed by atoms with E-state index in [1.165, 1.54) is 5.56 Å². The molecule has 0 bridgehead atoms. The van der Waals surface area contributed by atoms with Crippen molar-refractivity contribution in [3.05, 3.63) is 28.8 Å². The van der Waals surface area contributed by atoms with E-state index in [9.17, 15) is 0 Å². The van der Waals surface area contributed by atoms with E-state index >= 15 is 0 Å². The average Bonchev–Trinajstić information content (AvgIpc) is 2.34. The van der Waals surface area contributed by atoms with E-state index in [1.54, 1.807) is 7.11 Å². The number of halogens is 1. The minimum absolute atomic E-state index is 0.595. The molecule has 0 spiro atoms. The van der Waals surface area contributed by atoms with Gasteiger partial charge in [0, 0.05) is 5.02 Å². The summed E-state index contributed by atoms with van der Waals surface area (Å²) < 4.78 is 5.41. The molecule has 1 unspecified atom stereocenters. The second kappa shape index (κ2) is 7.65. The normalized spacial score (nSPS) is 12.8. The number of rotatable bonds is 7. The Morgan fingerprint density at radius 1 is 1.33 bits per heavy atom. The number of ether oxygens (including phenoxy) is 1. The fraction of sp³-hybridized carbons (Fsp3) is 0.600. The number of benzene rings is 1. The summed E-state index contributed by atoms with van der Waals surface area (Å²) in [6, 6.07) is 5.84. The lowest BCUT2D eigenvalue weighted by atomic mass is 9.89. The topological polar surface area (TPSA) is 21.3 Å². The van der Waals surface area contributed by atoms with Crippen LogP contribution in [0.4, 0.5) is 0 Å². The Morgan fingerprint density at radius 3 is 2.61 bits per heavy atom. The SMILES string of the molecule is CCNCC(Cc1cc(Cl)ccc1OC)C(C)C. The van der Waals surface area contributed by atoms with Gasteiger partial charge in [0.1, 0.15) is 5.75 Å². The summed E-state index contributed by atoms with van der Waals surface area (Å²) in [5.41, 5.74) is 1.20. The van der Waals surface area contributed by atoms with Gasteiger partial charge in [0.05, 0.1) is 7.11 Å². The fourth-order valence-electron chi connectivity index (χ4n) is 2.06. The third kappa shape index (κ3) is 4.51. The summed E-state index contributed by atoms with van der Waals surface area (Å²) in [6.45, 7) is 8.70. The highest BCUT2D eigenvalue weighted by Gasteiger charge is 2.16. The third-order valence-electron chi connectivity index (χ3n) is 3.32. The van der Waals surface area contributed by atoms with Gasteiger partial charge < -0.3 is 10.1 Å². The molecule has 1 aromatic rings. The smallest absolute Gasteiger partial charge is 0.122 e. The first-order chi connectivity index (χ1) is 8.58. The van der Waals surface area contributed by atoms with Gasteiger partial charge >= 0.3 is 0 Å². The van der Waals surface area contributed by atoms with E-state index in [4.69, 9.17) is 16.3 Å². The average molecular weight is 270 g/mol. The van der Waals surface area contributed by atoms with Crippen LogP contribution in [0.5, 0.6) is 5.75 Å². The van der Waals surface area contributed by atoms with E-state index in [-0.39, 0.29) is 0 Å². The molecule has 0 heterocycles. The molecule has 0 saturated heterocycles. The van der Waals surface area contributed by atoms with Crippen LogP contribution in [0, 0.1) is 11.8 Å². The van der Waals surface area contributed by atoms with Gasteiger partial charge in [-0.05, 0) is 55.1 Å². The van der Waals surface area contributed by atoms with Crippen LogP contribution in [0.1, 0.15) is 26.3 Å². The molecule has 0 fully saturated rings. The zero-order valence-corrected chi connectivity index (χ0v) is 12.6. The first-order valence-corrected chi connectivity index (χ1v) is 6.99. The Balaban J connectivity index is 2.81. The molecule has 2 nitrogen and oxygen atoms in total. The molecular weight excluding hydrogens is 246 g/mol. The van der Waals surface area contributed by atoms with Crippen LogP contribution < -0.4 is 10.1 Å². The van der Waals surface area contributed by atoms with Crippen LogP contribution in [-0.2, 0) is 6.42 Å². The molecule has 1 N–H and O–H groups in total. The maximum Gasteiger partial charge on any atom is 0.122 e. The predicted octanol–water partition coefficient (Wildman–Crippen LogP) is 3.77.